The van der Waals surface area contributed by atoms with Crippen LogP contribution in [0.1, 0.15) is 23.5 Å². The lowest BCUT2D eigenvalue weighted by Gasteiger charge is -2.19. The summed E-state index contributed by atoms with van der Waals surface area (Å²) in [5.41, 5.74) is 1.31. The fraction of sp³-hybridized carbons (Fsp3) is 0.438. The maximum absolute atomic E-state index is 11.8. The molecular weight excluding hydrogens is 298 g/mol. The number of methoxy groups -OCH3 is 1. The van der Waals surface area contributed by atoms with Crippen LogP contribution in [0.4, 0.5) is 0 Å². The summed E-state index contributed by atoms with van der Waals surface area (Å²) in [7, 11) is 3.38. The number of ether oxygens (including phenoxy) is 2. The van der Waals surface area contributed by atoms with Crippen LogP contribution in [-0.2, 0) is 4.74 Å². The molecule has 2 aromatic rings. The molecule has 2 aromatic heterocycles. The predicted molar refractivity (Wildman–Crippen MR) is 82.2 cm³/mol. The number of esters is 1. The number of aromatic nitrogens is 2. The van der Waals surface area contributed by atoms with Crippen LogP contribution >= 0.6 is 0 Å². The topological polar surface area (TPSA) is 77.7 Å². The van der Waals surface area contributed by atoms with Gasteiger partial charge in [-0.2, -0.15) is 4.98 Å². The summed E-state index contributed by atoms with van der Waals surface area (Å²) >= 11 is 0. The minimum Gasteiger partial charge on any atom is -0.476 e. The molecule has 23 heavy (non-hydrogen) atoms. The summed E-state index contributed by atoms with van der Waals surface area (Å²) in [6.07, 6.45) is 5.36. The molecule has 0 aromatic carbocycles. The molecule has 0 unspecified atom stereocenters. The molecule has 0 N–H and O–H groups in total. The molecule has 122 valence electrons. The van der Waals surface area contributed by atoms with Crippen molar-refractivity contribution in [2.45, 2.75) is 18.9 Å². The third kappa shape index (κ3) is 3.50. The second-order valence-electron chi connectivity index (χ2n) is 5.51. The van der Waals surface area contributed by atoms with E-state index >= 15 is 0 Å². The Kier molecular flexibility index (Phi) is 4.57. The first kappa shape index (κ1) is 15.5. The Hall–Kier alpha value is -2.41. The van der Waals surface area contributed by atoms with E-state index in [9.17, 15) is 4.79 Å². The molecule has 0 amide bonds. The molecule has 3 heterocycles. The van der Waals surface area contributed by atoms with Crippen LogP contribution in [0.2, 0.25) is 0 Å². The van der Waals surface area contributed by atoms with Crippen LogP contribution in [0, 0.1) is 0 Å². The van der Waals surface area contributed by atoms with Crippen molar-refractivity contribution in [3.05, 3.63) is 30.5 Å². The van der Waals surface area contributed by atoms with Crippen molar-refractivity contribution >= 4 is 5.97 Å². The van der Waals surface area contributed by atoms with Crippen molar-refractivity contribution in [3.63, 3.8) is 0 Å². The summed E-state index contributed by atoms with van der Waals surface area (Å²) in [6.45, 7) is 1.60. The first-order chi connectivity index (χ1) is 11.2. The van der Waals surface area contributed by atoms with Gasteiger partial charge in [-0.25, -0.2) is 9.78 Å². The van der Waals surface area contributed by atoms with Crippen molar-refractivity contribution in [2.75, 3.05) is 27.3 Å². The van der Waals surface area contributed by atoms with E-state index in [0.717, 1.165) is 18.5 Å². The fourth-order valence-electron chi connectivity index (χ4n) is 2.61. The van der Waals surface area contributed by atoms with Crippen LogP contribution in [-0.4, -0.2) is 54.2 Å². The van der Waals surface area contributed by atoms with Gasteiger partial charge in [0.05, 0.1) is 25.3 Å². The SMILES string of the molecule is COC(=O)c1nc(OC[C@@H]2CCCN2C)cc(-c2ccoc2)n1. The summed E-state index contributed by atoms with van der Waals surface area (Å²) in [5, 5.41) is 0. The average molecular weight is 317 g/mol. The van der Waals surface area contributed by atoms with Crippen LogP contribution in [0.15, 0.2) is 29.1 Å². The highest BCUT2D eigenvalue weighted by Crippen LogP contribution is 2.23. The molecule has 1 aliphatic rings. The zero-order valence-corrected chi connectivity index (χ0v) is 13.2. The lowest BCUT2D eigenvalue weighted by Crippen LogP contribution is -2.30. The first-order valence-electron chi connectivity index (χ1n) is 7.50. The molecule has 1 fully saturated rings. The lowest BCUT2D eigenvalue weighted by atomic mass is 10.2. The van der Waals surface area contributed by atoms with E-state index < -0.39 is 5.97 Å². The van der Waals surface area contributed by atoms with E-state index in [4.69, 9.17) is 13.9 Å². The first-order valence-corrected chi connectivity index (χ1v) is 7.50. The third-order valence-electron chi connectivity index (χ3n) is 3.98. The molecule has 0 spiro atoms. The number of rotatable bonds is 5. The van der Waals surface area contributed by atoms with Crippen molar-refractivity contribution in [1.82, 2.24) is 14.9 Å². The Morgan fingerprint density at radius 1 is 1.48 bits per heavy atom. The fourth-order valence-corrected chi connectivity index (χ4v) is 2.61. The van der Waals surface area contributed by atoms with Crippen LogP contribution in [0.25, 0.3) is 11.3 Å². The smallest absolute Gasteiger partial charge is 0.376 e. The molecule has 1 atom stereocenters. The van der Waals surface area contributed by atoms with E-state index in [1.807, 2.05) is 0 Å². The summed E-state index contributed by atoms with van der Waals surface area (Å²) in [5.74, 6) is -0.268. The van der Waals surface area contributed by atoms with E-state index in [-0.39, 0.29) is 5.82 Å². The Bertz CT molecular complexity index is 672. The number of furan rings is 1. The van der Waals surface area contributed by atoms with Crippen molar-refractivity contribution in [1.29, 1.82) is 0 Å². The number of hydrogen-bond acceptors (Lipinski definition) is 7. The van der Waals surface area contributed by atoms with Gasteiger partial charge in [-0.3, -0.25) is 0 Å². The maximum atomic E-state index is 11.8. The monoisotopic (exact) mass is 317 g/mol. The number of carbonyl (C=O) groups excluding carboxylic acids is 1. The van der Waals surface area contributed by atoms with E-state index in [2.05, 4.69) is 21.9 Å². The lowest BCUT2D eigenvalue weighted by molar-refractivity contribution is 0.0585. The number of likely N-dealkylation sites (N-methyl/N-ethyl adjacent to an activating group) is 1. The highest BCUT2D eigenvalue weighted by atomic mass is 16.5. The van der Waals surface area contributed by atoms with Crippen LogP contribution in [0.3, 0.4) is 0 Å². The Labute approximate surface area is 134 Å². The molecular formula is C16H19N3O4. The molecule has 3 rings (SSSR count). The predicted octanol–water partition coefficient (Wildman–Crippen LogP) is 2.00. The van der Waals surface area contributed by atoms with E-state index in [0.29, 0.717) is 24.2 Å². The van der Waals surface area contributed by atoms with Gasteiger partial charge in [-0.05, 0) is 32.5 Å². The third-order valence-corrected chi connectivity index (χ3v) is 3.98. The maximum Gasteiger partial charge on any atom is 0.376 e. The Morgan fingerprint density at radius 3 is 3.00 bits per heavy atom. The molecule has 7 heteroatoms. The van der Waals surface area contributed by atoms with Gasteiger partial charge in [-0.15, -0.1) is 0 Å². The van der Waals surface area contributed by atoms with E-state index in [1.54, 1.807) is 24.7 Å². The quantitative estimate of drug-likeness (QED) is 0.780. The molecule has 1 aliphatic heterocycles. The number of carbonyl (C=O) groups is 1. The molecule has 0 aliphatic carbocycles. The summed E-state index contributed by atoms with van der Waals surface area (Å²) in [4.78, 5) is 22.4. The Balaban J connectivity index is 1.83. The molecule has 0 saturated carbocycles. The molecule has 0 radical (unpaired) electrons. The minimum atomic E-state index is -0.599. The van der Waals surface area contributed by atoms with Gasteiger partial charge in [-0.1, -0.05) is 0 Å². The number of nitrogens with zero attached hydrogens (tertiary/aromatic N) is 3. The van der Waals surface area contributed by atoms with Gasteiger partial charge in [0.1, 0.15) is 6.61 Å². The van der Waals surface area contributed by atoms with Gasteiger partial charge in [0.15, 0.2) is 0 Å². The summed E-state index contributed by atoms with van der Waals surface area (Å²) in [6, 6.07) is 3.83. The standard InChI is InChI=1S/C16H19N3O4/c1-19-6-3-4-12(19)10-23-14-8-13(11-5-7-22-9-11)17-15(18-14)16(20)21-2/h5,7-9,12H,3-4,6,10H2,1-2H3/t12-/m0/s1. The second-order valence-corrected chi connectivity index (χ2v) is 5.51. The van der Waals surface area contributed by atoms with Crippen molar-refractivity contribution < 1.29 is 18.7 Å². The Morgan fingerprint density at radius 2 is 2.35 bits per heavy atom. The van der Waals surface area contributed by atoms with Gasteiger partial charge in [0.25, 0.3) is 0 Å². The number of hydrogen-bond donors (Lipinski definition) is 0. The van der Waals surface area contributed by atoms with Gasteiger partial charge >= 0.3 is 5.97 Å². The molecule has 1 saturated heterocycles. The zero-order chi connectivity index (χ0) is 16.2. The van der Waals surface area contributed by atoms with E-state index in [1.165, 1.54) is 13.5 Å². The van der Waals surface area contributed by atoms with Crippen molar-refractivity contribution in [2.24, 2.45) is 0 Å². The highest BCUT2D eigenvalue weighted by molar-refractivity contribution is 5.85. The highest BCUT2D eigenvalue weighted by Gasteiger charge is 2.22. The normalized spacial score (nSPS) is 18.1. The van der Waals surface area contributed by atoms with Crippen LogP contribution in [0.5, 0.6) is 5.88 Å². The largest absolute Gasteiger partial charge is 0.476 e. The van der Waals surface area contributed by atoms with Crippen molar-refractivity contribution in [3.8, 4) is 17.1 Å². The average Bonchev–Trinajstić information content (AvgIpc) is 3.23. The van der Waals surface area contributed by atoms with Gasteiger partial charge in [0, 0.05) is 17.7 Å². The molecule has 7 nitrogen and oxygen atoms in total. The van der Waals surface area contributed by atoms with Crippen LogP contribution < -0.4 is 4.74 Å². The van der Waals surface area contributed by atoms with Gasteiger partial charge in [0.2, 0.25) is 11.7 Å². The number of likely N-dealkylation sites (tertiary alicyclic amines) is 1. The molecule has 0 bridgehead atoms. The van der Waals surface area contributed by atoms with Gasteiger partial charge < -0.3 is 18.8 Å². The minimum absolute atomic E-state index is 0.0269. The zero-order valence-electron chi connectivity index (χ0n) is 13.2. The second kappa shape index (κ2) is 6.78. The summed E-state index contributed by atoms with van der Waals surface area (Å²) < 4.78 is 15.6.